The van der Waals surface area contributed by atoms with Gasteiger partial charge in [-0.25, -0.2) is 4.98 Å². The summed E-state index contributed by atoms with van der Waals surface area (Å²) < 4.78 is 2.06. The molecular weight excluding hydrogens is 453 g/mol. The molecule has 0 aliphatic carbocycles. The third-order valence-electron chi connectivity index (χ3n) is 4.03. The number of nitrogens with one attached hydrogen (secondary N) is 3. The number of rotatable bonds is 10. The van der Waals surface area contributed by atoms with E-state index in [2.05, 4.69) is 48.7 Å². The maximum absolute atomic E-state index is 4.48. The Kier molecular flexibility index (Phi) is 11.5. The van der Waals surface area contributed by atoms with Gasteiger partial charge in [-0.3, -0.25) is 9.67 Å². The van der Waals surface area contributed by atoms with Crippen LogP contribution in [0.5, 0.6) is 0 Å². The Bertz CT molecular complexity index is 670. The summed E-state index contributed by atoms with van der Waals surface area (Å²) >= 11 is 0. The van der Waals surface area contributed by atoms with Gasteiger partial charge >= 0.3 is 0 Å². The summed E-state index contributed by atoms with van der Waals surface area (Å²) in [7, 11) is 1.80. The SMILES string of the molecule is CN=C(NCCCCNc1ccccn1)NCCCn1nc(C)cc1C.I. The molecule has 0 aromatic carbocycles. The van der Waals surface area contributed by atoms with E-state index in [-0.39, 0.29) is 24.0 Å². The molecule has 3 N–H and O–H groups in total. The van der Waals surface area contributed by atoms with E-state index < -0.39 is 0 Å². The van der Waals surface area contributed by atoms with E-state index in [9.17, 15) is 0 Å². The fourth-order valence-electron chi connectivity index (χ4n) is 2.70. The molecule has 27 heavy (non-hydrogen) atoms. The number of hydrogen-bond donors (Lipinski definition) is 3. The van der Waals surface area contributed by atoms with Crippen molar-refractivity contribution < 1.29 is 0 Å². The highest BCUT2D eigenvalue weighted by Crippen LogP contribution is 2.02. The lowest BCUT2D eigenvalue weighted by Gasteiger charge is -2.12. The monoisotopic (exact) mass is 485 g/mol. The topological polar surface area (TPSA) is 79.2 Å². The smallest absolute Gasteiger partial charge is 0.190 e. The second-order valence-corrected chi connectivity index (χ2v) is 6.28. The Balaban J connectivity index is 0.00000364. The Morgan fingerprint density at radius 2 is 1.81 bits per heavy atom. The number of aromatic nitrogens is 3. The molecule has 0 saturated carbocycles. The third kappa shape index (κ3) is 9.07. The molecule has 0 aliphatic rings. The number of unbranched alkanes of at least 4 members (excludes halogenated alkanes) is 1. The lowest BCUT2D eigenvalue weighted by atomic mass is 10.3. The first-order valence-corrected chi connectivity index (χ1v) is 9.29. The molecule has 0 spiro atoms. The van der Waals surface area contributed by atoms with E-state index in [1.54, 1.807) is 13.2 Å². The number of hydrogen-bond acceptors (Lipinski definition) is 4. The van der Waals surface area contributed by atoms with E-state index in [0.29, 0.717) is 0 Å². The predicted molar refractivity (Wildman–Crippen MR) is 123 cm³/mol. The van der Waals surface area contributed by atoms with Crippen LogP contribution < -0.4 is 16.0 Å². The molecule has 0 atom stereocenters. The number of guanidine groups is 1. The third-order valence-corrected chi connectivity index (χ3v) is 4.03. The second-order valence-electron chi connectivity index (χ2n) is 6.28. The van der Waals surface area contributed by atoms with Crippen molar-refractivity contribution in [2.24, 2.45) is 4.99 Å². The Morgan fingerprint density at radius 3 is 2.44 bits per heavy atom. The molecule has 7 nitrogen and oxygen atoms in total. The highest BCUT2D eigenvalue weighted by molar-refractivity contribution is 14.0. The summed E-state index contributed by atoms with van der Waals surface area (Å²) in [4.78, 5) is 8.51. The maximum Gasteiger partial charge on any atom is 0.190 e. The van der Waals surface area contributed by atoms with Crippen LogP contribution in [0.25, 0.3) is 0 Å². The van der Waals surface area contributed by atoms with Gasteiger partial charge in [-0.1, -0.05) is 6.07 Å². The minimum absolute atomic E-state index is 0. The highest BCUT2D eigenvalue weighted by Gasteiger charge is 2.01. The van der Waals surface area contributed by atoms with Crippen molar-refractivity contribution in [2.45, 2.75) is 39.7 Å². The van der Waals surface area contributed by atoms with Crippen molar-refractivity contribution in [3.63, 3.8) is 0 Å². The lowest BCUT2D eigenvalue weighted by molar-refractivity contribution is 0.555. The molecule has 0 radical (unpaired) electrons. The second kappa shape index (κ2) is 13.3. The van der Waals surface area contributed by atoms with Crippen molar-refractivity contribution in [3.8, 4) is 0 Å². The molecule has 2 rings (SSSR count). The van der Waals surface area contributed by atoms with Gasteiger partial charge < -0.3 is 16.0 Å². The largest absolute Gasteiger partial charge is 0.370 e. The molecule has 0 saturated heterocycles. The maximum atomic E-state index is 4.48. The first-order valence-electron chi connectivity index (χ1n) is 9.29. The Morgan fingerprint density at radius 1 is 1.07 bits per heavy atom. The molecule has 8 heteroatoms. The number of aryl methyl sites for hydroxylation is 3. The highest BCUT2D eigenvalue weighted by atomic mass is 127. The van der Waals surface area contributed by atoms with Crippen LogP contribution in [0.1, 0.15) is 30.7 Å². The van der Waals surface area contributed by atoms with Crippen LogP contribution in [-0.2, 0) is 6.54 Å². The van der Waals surface area contributed by atoms with Crippen LogP contribution in [0.2, 0.25) is 0 Å². The minimum atomic E-state index is 0. The molecule has 0 aliphatic heterocycles. The van der Waals surface area contributed by atoms with Crippen molar-refractivity contribution >= 4 is 35.8 Å². The van der Waals surface area contributed by atoms with Gasteiger partial charge in [-0.15, -0.1) is 24.0 Å². The van der Waals surface area contributed by atoms with Gasteiger partial charge in [0.15, 0.2) is 5.96 Å². The molecule has 150 valence electrons. The summed E-state index contributed by atoms with van der Waals surface area (Å²) in [6.45, 7) is 7.74. The summed E-state index contributed by atoms with van der Waals surface area (Å²) in [6, 6.07) is 8.00. The number of pyridine rings is 1. The zero-order chi connectivity index (χ0) is 18.6. The van der Waals surface area contributed by atoms with Crippen LogP contribution in [0, 0.1) is 13.8 Å². The molecule has 0 amide bonds. The summed E-state index contributed by atoms with van der Waals surface area (Å²) in [5.41, 5.74) is 2.29. The standard InChI is InChI=1S/C19H31N7.HI/c1-16-15-17(2)26(25-16)14-8-13-24-19(20-3)23-12-7-6-11-22-18-9-4-5-10-21-18;/h4-5,9-10,15H,6-8,11-14H2,1-3H3,(H,21,22)(H2,20,23,24);1H. The summed E-state index contributed by atoms with van der Waals surface area (Å²) in [6.07, 6.45) is 4.97. The van der Waals surface area contributed by atoms with E-state index >= 15 is 0 Å². The van der Waals surface area contributed by atoms with Crippen molar-refractivity contribution in [1.29, 1.82) is 0 Å². The number of aliphatic imine (C=N–C) groups is 1. The number of halogens is 1. The molecule has 0 fully saturated rings. The first-order chi connectivity index (χ1) is 12.7. The lowest BCUT2D eigenvalue weighted by Crippen LogP contribution is -2.38. The van der Waals surface area contributed by atoms with E-state index in [4.69, 9.17) is 0 Å². The van der Waals surface area contributed by atoms with Gasteiger partial charge in [0.25, 0.3) is 0 Å². The average Bonchev–Trinajstić information content (AvgIpc) is 2.97. The Labute approximate surface area is 179 Å². The zero-order valence-electron chi connectivity index (χ0n) is 16.5. The van der Waals surface area contributed by atoms with Gasteiger partial charge in [-0.05, 0) is 51.3 Å². The average molecular weight is 485 g/mol. The van der Waals surface area contributed by atoms with Crippen molar-refractivity contribution in [2.75, 3.05) is 32.0 Å². The fourth-order valence-corrected chi connectivity index (χ4v) is 2.70. The van der Waals surface area contributed by atoms with Crippen molar-refractivity contribution in [3.05, 3.63) is 41.9 Å². The molecule has 2 aromatic rings. The fraction of sp³-hybridized carbons (Fsp3) is 0.526. The van der Waals surface area contributed by atoms with Gasteiger partial charge in [0.2, 0.25) is 0 Å². The number of nitrogens with zero attached hydrogens (tertiary/aromatic N) is 4. The quantitative estimate of drug-likeness (QED) is 0.209. The predicted octanol–water partition coefficient (Wildman–Crippen LogP) is 2.96. The summed E-state index contributed by atoms with van der Waals surface area (Å²) in [5, 5.41) is 14.5. The zero-order valence-corrected chi connectivity index (χ0v) is 18.9. The van der Waals surface area contributed by atoms with Gasteiger partial charge in [0.1, 0.15) is 5.82 Å². The Hall–Kier alpha value is -1.84. The molecule has 0 bridgehead atoms. The van der Waals surface area contributed by atoms with Crippen LogP contribution in [0.3, 0.4) is 0 Å². The van der Waals surface area contributed by atoms with Crippen LogP contribution in [-0.4, -0.2) is 47.4 Å². The van der Waals surface area contributed by atoms with Gasteiger partial charge in [0.05, 0.1) is 5.69 Å². The molecule has 0 unspecified atom stereocenters. The first kappa shape index (κ1) is 23.2. The molecule has 2 heterocycles. The van der Waals surface area contributed by atoms with Crippen molar-refractivity contribution in [1.82, 2.24) is 25.4 Å². The van der Waals surface area contributed by atoms with Crippen LogP contribution in [0.4, 0.5) is 5.82 Å². The van der Waals surface area contributed by atoms with Crippen LogP contribution >= 0.6 is 24.0 Å². The van der Waals surface area contributed by atoms with E-state index in [1.165, 1.54) is 5.69 Å². The normalized spacial score (nSPS) is 11.0. The van der Waals surface area contributed by atoms with Crippen LogP contribution in [0.15, 0.2) is 35.5 Å². The van der Waals surface area contributed by atoms with E-state index in [1.807, 2.05) is 25.1 Å². The van der Waals surface area contributed by atoms with Gasteiger partial charge in [0, 0.05) is 45.1 Å². The van der Waals surface area contributed by atoms with Gasteiger partial charge in [-0.2, -0.15) is 5.10 Å². The van der Waals surface area contributed by atoms with E-state index in [0.717, 1.165) is 62.9 Å². The molecule has 2 aromatic heterocycles. The number of anilines is 1. The molecular formula is C19H32IN7. The summed E-state index contributed by atoms with van der Waals surface area (Å²) in [5.74, 6) is 1.79. The minimum Gasteiger partial charge on any atom is -0.370 e.